The van der Waals surface area contributed by atoms with Crippen LogP contribution in [0.1, 0.15) is 13.3 Å². The highest BCUT2D eigenvalue weighted by atomic mass is 16.5. The van der Waals surface area contributed by atoms with Crippen LogP contribution in [-0.4, -0.2) is 64.4 Å². The molecule has 96 valence electrons. The number of hydrogen-bond donors (Lipinski definition) is 1. The maximum absolute atomic E-state index is 11.5. The van der Waals surface area contributed by atoms with E-state index in [-0.39, 0.29) is 12.0 Å². The van der Waals surface area contributed by atoms with Crippen LogP contribution in [0.15, 0.2) is 0 Å². The molecule has 16 heavy (non-hydrogen) atoms. The average Bonchev–Trinajstić information content (AvgIpc) is 2.27. The minimum atomic E-state index is -0.218. The Balaban J connectivity index is 3.81. The predicted molar refractivity (Wildman–Crippen MR) is 63.5 cm³/mol. The number of rotatable bonds is 9. The van der Waals surface area contributed by atoms with Crippen molar-refractivity contribution in [2.24, 2.45) is 0 Å². The molecule has 0 heterocycles. The van der Waals surface area contributed by atoms with E-state index in [0.29, 0.717) is 13.2 Å². The van der Waals surface area contributed by atoms with E-state index < -0.39 is 0 Å². The van der Waals surface area contributed by atoms with E-state index in [1.807, 2.05) is 14.0 Å². The average molecular weight is 232 g/mol. The first kappa shape index (κ1) is 15.3. The number of carbonyl (C=O) groups is 1. The van der Waals surface area contributed by atoms with Crippen LogP contribution in [0.4, 0.5) is 0 Å². The Hall–Kier alpha value is -0.650. The molecule has 1 atom stereocenters. The van der Waals surface area contributed by atoms with Gasteiger partial charge in [-0.25, -0.2) is 0 Å². The van der Waals surface area contributed by atoms with Gasteiger partial charge in [-0.1, -0.05) is 0 Å². The number of carbonyl (C=O) groups excluding carboxylic acids is 1. The quantitative estimate of drug-likeness (QED) is 0.572. The summed E-state index contributed by atoms with van der Waals surface area (Å²) >= 11 is 0. The second-order valence-electron chi connectivity index (χ2n) is 3.68. The second kappa shape index (κ2) is 9.57. The molecule has 5 heteroatoms. The molecule has 0 aromatic rings. The van der Waals surface area contributed by atoms with E-state index in [1.54, 1.807) is 14.2 Å². The largest absolute Gasteiger partial charge is 0.465 e. The maximum atomic E-state index is 11.5. The van der Waals surface area contributed by atoms with Gasteiger partial charge in [0.25, 0.3) is 0 Å². The SMILES string of the molecule is CCOC(=O)C(CCN(C)CCOC)NC. The number of hydrogen-bond acceptors (Lipinski definition) is 5. The lowest BCUT2D eigenvalue weighted by atomic mass is 10.2. The van der Waals surface area contributed by atoms with Crippen LogP contribution in [0.25, 0.3) is 0 Å². The third-order valence-electron chi connectivity index (χ3n) is 2.40. The van der Waals surface area contributed by atoms with E-state index in [2.05, 4.69) is 10.2 Å². The van der Waals surface area contributed by atoms with Crippen LogP contribution in [-0.2, 0) is 14.3 Å². The van der Waals surface area contributed by atoms with Crippen molar-refractivity contribution >= 4 is 5.97 Å². The van der Waals surface area contributed by atoms with Gasteiger partial charge in [0.05, 0.1) is 13.2 Å². The number of nitrogens with one attached hydrogen (secondary N) is 1. The van der Waals surface area contributed by atoms with Crippen molar-refractivity contribution in [3.63, 3.8) is 0 Å². The van der Waals surface area contributed by atoms with Gasteiger partial charge < -0.3 is 19.7 Å². The molecule has 0 fully saturated rings. The molecule has 0 aromatic carbocycles. The second-order valence-corrected chi connectivity index (χ2v) is 3.68. The molecule has 0 radical (unpaired) electrons. The Morgan fingerprint density at radius 1 is 1.44 bits per heavy atom. The summed E-state index contributed by atoms with van der Waals surface area (Å²) in [5.74, 6) is -0.176. The molecule has 0 rings (SSSR count). The molecule has 1 N–H and O–H groups in total. The number of likely N-dealkylation sites (N-methyl/N-ethyl adjacent to an activating group) is 2. The molecule has 0 aromatic heterocycles. The third kappa shape index (κ3) is 6.76. The van der Waals surface area contributed by atoms with Crippen LogP contribution in [0.5, 0.6) is 0 Å². The lowest BCUT2D eigenvalue weighted by Crippen LogP contribution is -2.39. The molecule has 0 saturated heterocycles. The van der Waals surface area contributed by atoms with Gasteiger partial charge in [-0.05, 0) is 34.0 Å². The first-order chi connectivity index (χ1) is 7.65. The maximum Gasteiger partial charge on any atom is 0.323 e. The highest BCUT2D eigenvalue weighted by Gasteiger charge is 2.17. The minimum Gasteiger partial charge on any atom is -0.465 e. The molecule has 0 saturated carbocycles. The fraction of sp³-hybridized carbons (Fsp3) is 0.909. The van der Waals surface area contributed by atoms with E-state index in [1.165, 1.54) is 0 Å². The summed E-state index contributed by atoms with van der Waals surface area (Å²) in [5.41, 5.74) is 0. The molecule has 0 aliphatic carbocycles. The molecule has 0 amide bonds. The fourth-order valence-electron chi connectivity index (χ4n) is 1.33. The van der Waals surface area contributed by atoms with Crippen LogP contribution < -0.4 is 5.32 Å². The Bertz CT molecular complexity index is 188. The van der Waals surface area contributed by atoms with Gasteiger partial charge in [-0.3, -0.25) is 4.79 Å². The molecular formula is C11H24N2O3. The van der Waals surface area contributed by atoms with Crippen molar-refractivity contribution in [2.75, 3.05) is 47.5 Å². The smallest absolute Gasteiger partial charge is 0.323 e. The summed E-state index contributed by atoms with van der Waals surface area (Å²) in [4.78, 5) is 13.6. The highest BCUT2D eigenvalue weighted by Crippen LogP contribution is 1.97. The Kier molecular flexibility index (Phi) is 9.18. The summed E-state index contributed by atoms with van der Waals surface area (Å²) in [6.45, 7) is 4.66. The van der Waals surface area contributed by atoms with Crippen molar-refractivity contribution in [3.05, 3.63) is 0 Å². The van der Waals surface area contributed by atoms with Crippen LogP contribution in [0.2, 0.25) is 0 Å². The van der Waals surface area contributed by atoms with Gasteiger partial charge >= 0.3 is 5.97 Å². The van der Waals surface area contributed by atoms with Crippen LogP contribution in [0, 0.1) is 0 Å². The third-order valence-corrected chi connectivity index (χ3v) is 2.40. The minimum absolute atomic E-state index is 0.176. The zero-order valence-corrected chi connectivity index (χ0v) is 10.8. The van der Waals surface area contributed by atoms with Gasteiger partial charge in [0, 0.05) is 13.7 Å². The molecule has 0 aliphatic heterocycles. The van der Waals surface area contributed by atoms with E-state index in [9.17, 15) is 4.79 Å². The fourth-order valence-corrected chi connectivity index (χ4v) is 1.33. The normalized spacial score (nSPS) is 12.8. The number of ether oxygens (including phenoxy) is 2. The summed E-state index contributed by atoms with van der Waals surface area (Å²) in [6, 6.07) is -0.218. The number of esters is 1. The summed E-state index contributed by atoms with van der Waals surface area (Å²) < 4.78 is 9.95. The standard InChI is InChI=1S/C11H24N2O3/c1-5-16-11(14)10(12-2)6-7-13(3)8-9-15-4/h10,12H,5-9H2,1-4H3. The van der Waals surface area contributed by atoms with Gasteiger partial charge in [-0.2, -0.15) is 0 Å². The number of nitrogens with zero attached hydrogens (tertiary/aromatic N) is 1. The van der Waals surface area contributed by atoms with Gasteiger partial charge in [-0.15, -0.1) is 0 Å². The van der Waals surface area contributed by atoms with E-state index in [4.69, 9.17) is 9.47 Å². The zero-order valence-electron chi connectivity index (χ0n) is 10.8. The summed E-state index contributed by atoms with van der Waals surface area (Å²) in [5, 5.41) is 2.97. The van der Waals surface area contributed by atoms with Crippen molar-refractivity contribution in [1.29, 1.82) is 0 Å². The molecule has 1 unspecified atom stereocenters. The summed E-state index contributed by atoms with van der Waals surface area (Å²) in [6.07, 6.45) is 0.746. The number of methoxy groups -OCH3 is 1. The van der Waals surface area contributed by atoms with Crippen molar-refractivity contribution in [1.82, 2.24) is 10.2 Å². The molecule has 0 aliphatic rings. The Morgan fingerprint density at radius 2 is 2.12 bits per heavy atom. The van der Waals surface area contributed by atoms with E-state index >= 15 is 0 Å². The summed E-state index contributed by atoms with van der Waals surface area (Å²) in [7, 11) is 5.47. The van der Waals surface area contributed by atoms with Gasteiger partial charge in [0.1, 0.15) is 6.04 Å². The monoisotopic (exact) mass is 232 g/mol. The molecule has 5 nitrogen and oxygen atoms in total. The predicted octanol–water partition coefficient (Wildman–Crippen LogP) is 0.106. The lowest BCUT2D eigenvalue weighted by Gasteiger charge is -2.20. The van der Waals surface area contributed by atoms with E-state index in [0.717, 1.165) is 19.5 Å². The van der Waals surface area contributed by atoms with Gasteiger partial charge in [0.15, 0.2) is 0 Å². The Morgan fingerprint density at radius 3 is 2.62 bits per heavy atom. The molecule has 0 bridgehead atoms. The van der Waals surface area contributed by atoms with Crippen molar-refractivity contribution in [2.45, 2.75) is 19.4 Å². The molecule has 0 spiro atoms. The van der Waals surface area contributed by atoms with Crippen LogP contribution >= 0.6 is 0 Å². The topological polar surface area (TPSA) is 50.8 Å². The Labute approximate surface area is 98.1 Å². The van der Waals surface area contributed by atoms with Crippen molar-refractivity contribution < 1.29 is 14.3 Å². The first-order valence-electron chi connectivity index (χ1n) is 5.67. The van der Waals surface area contributed by atoms with Crippen molar-refractivity contribution in [3.8, 4) is 0 Å². The van der Waals surface area contributed by atoms with Gasteiger partial charge in [0.2, 0.25) is 0 Å². The highest BCUT2D eigenvalue weighted by molar-refractivity contribution is 5.75. The zero-order chi connectivity index (χ0) is 12.4. The van der Waals surface area contributed by atoms with Crippen LogP contribution in [0.3, 0.4) is 0 Å². The molecular weight excluding hydrogens is 208 g/mol. The lowest BCUT2D eigenvalue weighted by molar-refractivity contribution is -0.145. The first-order valence-corrected chi connectivity index (χ1v) is 5.67.